The number of sulfonamides is 1. The first-order valence-electron chi connectivity index (χ1n) is 6.59. The van der Waals surface area contributed by atoms with E-state index in [1.54, 1.807) is 12.1 Å². The summed E-state index contributed by atoms with van der Waals surface area (Å²) in [6, 6.07) is 5.68. The maximum atomic E-state index is 12.1. The van der Waals surface area contributed by atoms with Crippen molar-refractivity contribution in [3.63, 3.8) is 0 Å². The van der Waals surface area contributed by atoms with E-state index in [1.807, 2.05) is 20.8 Å². The number of hydrogen-bond donors (Lipinski definition) is 2. The summed E-state index contributed by atoms with van der Waals surface area (Å²) in [7, 11) is -3.67. The summed E-state index contributed by atoms with van der Waals surface area (Å²) in [5.74, 6) is -0.00533. The fourth-order valence-corrected chi connectivity index (χ4v) is 2.73. The number of benzene rings is 1. The number of carbonyl (C=O) groups excluding carboxylic acids is 1. The molecule has 6 heteroatoms. The maximum Gasteiger partial charge on any atom is 0.241 e. The Labute approximate surface area is 120 Å². The molecule has 0 saturated carbocycles. The van der Waals surface area contributed by atoms with E-state index in [-0.39, 0.29) is 10.8 Å². The molecule has 0 spiro atoms. The van der Waals surface area contributed by atoms with Gasteiger partial charge in [0.1, 0.15) is 0 Å². The van der Waals surface area contributed by atoms with E-state index >= 15 is 0 Å². The average Bonchev–Trinajstić information content (AvgIpc) is 2.35. The summed E-state index contributed by atoms with van der Waals surface area (Å²) in [4.78, 5) is 11.9. The highest BCUT2D eigenvalue weighted by molar-refractivity contribution is 7.89. The molecule has 1 aromatic rings. The highest BCUT2D eigenvalue weighted by Crippen LogP contribution is 2.10. The van der Waals surface area contributed by atoms with Crippen LogP contribution in [0.25, 0.3) is 0 Å². The first kappa shape index (κ1) is 16.7. The van der Waals surface area contributed by atoms with Gasteiger partial charge in [-0.2, -0.15) is 4.72 Å². The molecular formula is C14H22N2O3S. The Hall–Kier alpha value is -1.40. The molecule has 20 heavy (non-hydrogen) atoms. The molecular weight excluding hydrogens is 276 g/mol. The van der Waals surface area contributed by atoms with Gasteiger partial charge >= 0.3 is 0 Å². The van der Waals surface area contributed by atoms with Gasteiger partial charge in [-0.15, -0.1) is 0 Å². The second kappa shape index (κ2) is 6.85. The van der Waals surface area contributed by atoms with Crippen LogP contribution in [0.15, 0.2) is 29.2 Å². The molecule has 2 N–H and O–H groups in total. The van der Waals surface area contributed by atoms with Crippen molar-refractivity contribution in [1.29, 1.82) is 0 Å². The normalized spacial score (nSPS) is 13.2. The van der Waals surface area contributed by atoms with E-state index in [1.165, 1.54) is 19.1 Å². The second-order valence-electron chi connectivity index (χ2n) is 5.30. The topological polar surface area (TPSA) is 75.3 Å². The Kier molecular flexibility index (Phi) is 5.71. The molecule has 0 radical (unpaired) electrons. The molecule has 1 atom stereocenters. The van der Waals surface area contributed by atoms with Crippen LogP contribution < -0.4 is 10.0 Å². The predicted molar refractivity (Wildman–Crippen MR) is 78.8 cm³/mol. The van der Waals surface area contributed by atoms with E-state index in [2.05, 4.69) is 10.0 Å². The van der Waals surface area contributed by atoms with Gasteiger partial charge in [-0.05, 0) is 31.9 Å². The lowest BCUT2D eigenvalue weighted by molar-refractivity contribution is -0.122. The minimum absolute atomic E-state index is 0.159. The molecule has 1 amide bonds. The first-order valence-corrected chi connectivity index (χ1v) is 8.07. The monoisotopic (exact) mass is 298 g/mol. The van der Waals surface area contributed by atoms with Crippen LogP contribution in [0, 0.1) is 12.8 Å². The molecule has 1 unspecified atom stereocenters. The van der Waals surface area contributed by atoms with Crippen molar-refractivity contribution >= 4 is 15.9 Å². The number of nitrogens with one attached hydrogen (secondary N) is 2. The zero-order chi connectivity index (χ0) is 15.3. The van der Waals surface area contributed by atoms with E-state index in [9.17, 15) is 13.2 Å². The van der Waals surface area contributed by atoms with Crippen molar-refractivity contribution in [3.05, 3.63) is 29.8 Å². The van der Waals surface area contributed by atoms with Crippen LogP contribution >= 0.6 is 0 Å². The average molecular weight is 298 g/mol. The first-order chi connectivity index (χ1) is 9.22. The van der Waals surface area contributed by atoms with Crippen LogP contribution in [0.3, 0.4) is 0 Å². The van der Waals surface area contributed by atoms with Gasteiger partial charge in [0, 0.05) is 6.54 Å². The molecule has 0 aliphatic carbocycles. The molecule has 0 heterocycles. The Balaban J connectivity index is 2.70. The summed E-state index contributed by atoms with van der Waals surface area (Å²) >= 11 is 0. The number of amides is 1. The number of rotatable bonds is 6. The van der Waals surface area contributed by atoms with E-state index < -0.39 is 16.1 Å². The minimum atomic E-state index is -3.67. The molecule has 0 fully saturated rings. The molecule has 1 aromatic carbocycles. The quantitative estimate of drug-likeness (QED) is 0.834. The third kappa shape index (κ3) is 4.94. The fourth-order valence-electron chi connectivity index (χ4n) is 1.53. The Morgan fingerprint density at radius 3 is 2.20 bits per heavy atom. The van der Waals surface area contributed by atoms with Crippen LogP contribution in [-0.2, 0) is 14.8 Å². The standard InChI is InChI=1S/C14H22N2O3S/c1-10(2)9-15-14(17)12(4)16-20(18,19)13-7-5-11(3)6-8-13/h5-8,10,12,16H,9H2,1-4H3,(H,15,17). The van der Waals surface area contributed by atoms with Gasteiger partial charge < -0.3 is 5.32 Å². The third-order valence-electron chi connectivity index (χ3n) is 2.74. The lowest BCUT2D eigenvalue weighted by Crippen LogP contribution is -2.45. The van der Waals surface area contributed by atoms with Gasteiger partial charge in [0.2, 0.25) is 15.9 Å². The molecule has 1 rings (SSSR count). The van der Waals surface area contributed by atoms with Crippen molar-refractivity contribution in [2.24, 2.45) is 5.92 Å². The Bertz CT molecular complexity index is 550. The molecule has 5 nitrogen and oxygen atoms in total. The minimum Gasteiger partial charge on any atom is -0.354 e. The van der Waals surface area contributed by atoms with Gasteiger partial charge in [0.15, 0.2) is 0 Å². The van der Waals surface area contributed by atoms with Crippen molar-refractivity contribution in [3.8, 4) is 0 Å². The van der Waals surface area contributed by atoms with Crippen LogP contribution in [0.5, 0.6) is 0 Å². The van der Waals surface area contributed by atoms with Gasteiger partial charge in [-0.25, -0.2) is 8.42 Å². The lowest BCUT2D eigenvalue weighted by atomic mass is 10.2. The smallest absolute Gasteiger partial charge is 0.241 e. The van der Waals surface area contributed by atoms with Crippen molar-refractivity contribution in [1.82, 2.24) is 10.0 Å². The highest BCUT2D eigenvalue weighted by atomic mass is 32.2. The number of hydrogen-bond acceptors (Lipinski definition) is 3. The van der Waals surface area contributed by atoms with Crippen molar-refractivity contribution < 1.29 is 13.2 Å². The summed E-state index contributed by atoms with van der Waals surface area (Å²) in [6.07, 6.45) is 0. The van der Waals surface area contributed by atoms with E-state index in [0.717, 1.165) is 5.56 Å². The Morgan fingerprint density at radius 1 is 1.15 bits per heavy atom. The predicted octanol–water partition coefficient (Wildman–Crippen LogP) is 1.43. The van der Waals surface area contributed by atoms with Gasteiger partial charge in [0.25, 0.3) is 0 Å². The highest BCUT2D eigenvalue weighted by Gasteiger charge is 2.21. The van der Waals surface area contributed by atoms with Gasteiger partial charge in [-0.3, -0.25) is 4.79 Å². The molecule has 112 valence electrons. The zero-order valence-corrected chi connectivity index (χ0v) is 13.1. The van der Waals surface area contributed by atoms with E-state index in [4.69, 9.17) is 0 Å². The van der Waals surface area contributed by atoms with Crippen molar-refractivity contribution in [2.45, 2.75) is 38.6 Å². The van der Waals surface area contributed by atoms with Crippen LogP contribution in [0.1, 0.15) is 26.3 Å². The zero-order valence-electron chi connectivity index (χ0n) is 12.3. The SMILES string of the molecule is Cc1ccc(S(=O)(=O)NC(C)C(=O)NCC(C)C)cc1. The number of carbonyl (C=O) groups is 1. The Morgan fingerprint density at radius 2 is 1.70 bits per heavy atom. The maximum absolute atomic E-state index is 12.1. The third-order valence-corrected chi connectivity index (χ3v) is 4.30. The number of aryl methyl sites for hydroxylation is 1. The summed E-state index contributed by atoms with van der Waals surface area (Å²) < 4.78 is 26.6. The molecule has 0 aliphatic rings. The summed E-state index contributed by atoms with van der Waals surface area (Å²) in [5, 5.41) is 2.70. The van der Waals surface area contributed by atoms with Crippen LogP contribution in [0.2, 0.25) is 0 Å². The fraction of sp³-hybridized carbons (Fsp3) is 0.500. The summed E-state index contributed by atoms with van der Waals surface area (Å²) in [6.45, 7) is 7.88. The van der Waals surface area contributed by atoms with Gasteiger partial charge in [-0.1, -0.05) is 31.5 Å². The van der Waals surface area contributed by atoms with Crippen LogP contribution in [-0.4, -0.2) is 26.9 Å². The summed E-state index contributed by atoms with van der Waals surface area (Å²) in [5.41, 5.74) is 0.978. The second-order valence-corrected chi connectivity index (χ2v) is 7.01. The van der Waals surface area contributed by atoms with Crippen molar-refractivity contribution in [2.75, 3.05) is 6.54 Å². The lowest BCUT2D eigenvalue weighted by Gasteiger charge is -2.15. The largest absolute Gasteiger partial charge is 0.354 e. The van der Waals surface area contributed by atoms with E-state index in [0.29, 0.717) is 12.5 Å². The molecule has 0 aromatic heterocycles. The molecule has 0 bridgehead atoms. The van der Waals surface area contributed by atoms with Crippen LogP contribution in [0.4, 0.5) is 0 Å². The molecule has 0 aliphatic heterocycles. The van der Waals surface area contributed by atoms with Gasteiger partial charge in [0.05, 0.1) is 10.9 Å². The molecule has 0 saturated heterocycles.